The first kappa shape index (κ1) is 11.9. The van der Waals surface area contributed by atoms with Gasteiger partial charge in [0.2, 0.25) is 0 Å². The van der Waals surface area contributed by atoms with Crippen molar-refractivity contribution in [1.82, 2.24) is 9.38 Å². The van der Waals surface area contributed by atoms with Gasteiger partial charge in [-0.1, -0.05) is 6.07 Å². The Morgan fingerprint density at radius 1 is 1.28 bits per heavy atom. The van der Waals surface area contributed by atoms with Crippen molar-refractivity contribution in [2.45, 2.75) is 37.0 Å². The Hall–Kier alpha value is -1.16. The Bertz CT molecular complexity index is 514. The minimum Gasteiger partial charge on any atom is -0.368 e. The Balaban J connectivity index is 1.71. The topological polar surface area (TPSA) is 29.3 Å². The van der Waals surface area contributed by atoms with E-state index in [1.54, 1.807) is 0 Å². The molecule has 1 aliphatic rings. The maximum atomic E-state index is 4.32. The van der Waals surface area contributed by atoms with Gasteiger partial charge >= 0.3 is 0 Å². The number of hydrogen-bond acceptors (Lipinski definition) is 3. The van der Waals surface area contributed by atoms with Gasteiger partial charge in [0.15, 0.2) is 0 Å². The van der Waals surface area contributed by atoms with Crippen molar-refractivity contribution in [2.24, 2.45) is 0 Å². The van der Waals surface area contributed by atoms with Crippen LogP contribution in [0.4, 0.5) is 5.82 Å². The fourth-order valence-electron chi connectivity index (χ4n) is 2.72. The quantitative estimate of drug-likeness (QED) is 0.918. The molecule has 0 spiro atoms. The number of fused-ring (bicyclic) bond motifs is 1. The second kappa shape index (κ2) is 5.22. The third-order valence-electron chi connectivity index (χ3n) is 3.79. The molecule has 0 saturated heterocycles. The lowest BCUT2D eigenvalue weighted by Gasteiger charge is -2.28. The number of nitrogens with one attached hydrogen (secondary N) is 1. The highest BCUT2D eigenvalue weighted by atomic mass is 32.2. The SMILES string of the molecule is CSC1CCC(Nc2cccc3nccn23)CC1. The van der Waals surface area contributed by atoms with E-state index in [0.717, 1.165) is 16.7 Å². The van der Waals surface area contributed by atoms with Crippen molar-refractivity contribution >= 4 is 23.2 Å². The minimum atomic E-state index is 0.612. The summed E-state index contributed by atoms with van der Waals surface area (Å²) in [6, 6.07) is 6.85. The summed E-state index contributed by atoms with van der Waals surface area (Å²) in [5.41, 5.74) is 1.01. The van der Waals surface area contributed by atoms with Gasteiger partial charge in [0.1, 0.15) is 11.5 Å². The summed E-state index contributed by atoms with van der Waals surface area (Å²) in [6.07, 6.45) is 11.3. The number of rotatable bonds is 3. The fourth-order valence-corrected chi connectivity index (χ4v) is 3.46. The summed E-state index contributed by atoms with van der Waals surface area (Å²) < 4.78 is 2.13. The average Bonchev–Trinajstić information content (AvgIpc) is 2.89. The number of imidazole rings is 1. The van der Waals surface area contributed by atoms with Crippen molar-refractivity contribution in [2.75, 3.05) is 11.6 Å². The van der Waals surface area contributed by atoms with Crippen LogP contribution in [-0.2, 0) is 0 Å². The maximum absolute atomic E-state index is 4.32. The average molecular weight is 261 g/mol. The summed E-state index contributed by atoms with van der Waals surface area (Å²) in [4.78, 5) is 4.32. The van der Waals surface area contributed by atoms with Gasteiger partial charge in [-0.15, -0.1) is 0 Å². The van der Waals surface area contributed by atoms with Crippen LogP contribution in [0.5, 0.6) is 0 Å². The van der Waals surface area contributed by atoms with E-state index in [9.17, 15) is 0 Å². The first-order valence-electron chi connectivity index (χ1n) is 6.58. The Labute approximate surface area is 112 Å². The van der Waals surface area contributed by atoms with Crippen molar-refractivity contribution in [3.8, 4) is 0 Å². The molecule has 0 radical (unpaired) electrons. The van der Waals surface area contributed by atoms with Crippen LogP contribution in [0.15, 0.2) is 30.6 Å². The first-order valence-corrected chi connectivity index (χ1v) is 7.87. The molecule has 1 fully saturated rings. The predicted molar refractivity (Wildman–Crippen MR) is 78.4 cm³/mol. The first-order chi connectivity index (χ1) is 8.86. The van der Waals surface area contributed by atoms with Gasteiger partial charge in [0, 0.05) is 23.7 Å². The summed E-state index contributed by atoms with van der Waals surface area (Å²) in [7, 11) is 0. The molecule has 0 aromatic carbocycles. The van der Waals surface area contributed by atoms with Gasteiger partial charge in [-0.3, -0.25) is 4.40 Å². The third kappa shape index (κ3) is 2.34. The smallest absolute Gasteiger partial charge is 0.138 e. The number of hydrogen-bond donors (Lipinski definition) is 1. The largest absolute Gasteiger partial charge is 0.368 e. The van der Waals surface area contributed by atoms with Gasteiger partial charge in [0.25, 0.3) is 0 Å². The number of anilines is 1. The molecular weight excluding hydrogens is 242 g/mol. The van der Waals surface area contributed by atoms with E-state index >= 15 is 0 Å². The van der Waals surface area contributed by atoms with E-state index in [1.807, 2.05) is 30.2 Å². The maximum Gasteiger partial charge on any atom is 0.138 e. The van der Waals surface area contributed by atoms with Crippen molar-refractivity contribution in [3.05, 3.63) is 30.6 Å². The second-order valence-electron chi connectivity index (χ2n) is 4.92. The number of thioether (sulfide) groups is 1. The van der Waals surface area contributed by atoms with Crippen molar-refractivity contribution in [1.29, 1.82) is 0 Å². The lowest BCUT2D eigenvalue weighted by Crippen LogP contribution is -2.27. The zero-order chi connectivity index (χ0) is 12.4. The molecular formula is C14H19N3S. The van der Waals surface area contributed by atoms with Gasteiger partial charge in [-0.2, -0.15) is 11.8 Å². The minimum absolute atomic E-state index is 0.612. The van der Waals surface area contributed by atoms with Crippen LogP contribution in [0, 0.1) is 0 Å². The second-order valence-corrected chi connectivity index (χ2v) is 6.06. The molecule has 0 bridgehead atoms. The third-order valence-corrected chi connectivity index (χ3v) is 4.93. The summed E-state index contributed by atoms with van der Waals surface area (Å²) in [5, 5.41) is 4.54. The monoisotopic (exact) mass is 261 g/mol. The summed E-state index contributed by atoms with van der Waals surface area (Å²) >= 11 is 2.02. The zero-order valence-electron chi connectivity index (χ0n) is 10.7. The van der Waals surface area contributed by atoms with Crippen LogP contribution < -0.4 is 5.32 Å². The van der Waals surface area contributed by atoms with Crippen LogP contribution in [0.1, 0.15) is 25.7 Å². The summed E-state index contributed by atoms with van der Waals surface area (Å²) in [5.74, 6) is 1.16. The molecule has 2 aromatic rings. The molecule has 0 aliphatic heterocycles. The highest BCUT2D eigenvalue weighted by molar-refractivity contribution is 7.99. The van der Waals surface area contributed by atoms with Crippen molar-refractivity contribution < 1.29 is 0 Å². The van der Waals surface area contributed by atoms with E-state index in [0.29, 0.717) is 6.04 Å². The molecule has 4 heteroatoms. The Morgan fingerprint density at radius 3 is 2.89 bits per heavy atom. The predicted octanol–water partition coefficient (Wildman–Crippen LogP) is 3.42. The number of nitrogens with zero attached hydrogens (tertiary/aromatic N) is 2. The highest BCUT2D eigenvalue weighted by Gasteiger charge is 2.20. The van der Waals surface area contributed by atoms with E-state index in [2.05, 4.69) is 33.1 Å². The van der Waals surface area contributed by atoms with Gasteiger partial charge in [-0.05, 0) is 44.1 Å². The molecule has 0 unspecified atom stereocenters. The summed E-state index contributed by atoms with van der Waals surface area (Å²) in [6.45, 7) is 0. The van der Waals surface area contributed by atoms with Crippen LogP contribution in [-0.4, -0.2) is 26.9 Å². The molecule has 3 rings (SSSR count). The number of aromatic nitrogens is 2. The van der Waals surface area contributed by atoms with Crippen LogP contribution in [0.3, 0.4) is 0 Å². The Morgan fingerprint density at radius 2 is 2.11 bits per heavy atom. The van der Waals surface area contributed by atoms with E-state index in [-0.39, 0.29) is 0 Å². The standard InChI is InChI=1S/C14H19N3S/c1-18-12-7-5-11(6-8-12)16-14-4-2-3-13-15-9-10-17(13)14/h2-4,9-12,16H,5-8H2,1H3. The van der Waals surface area contributed by atoms with Crippen LogP contribution >= 0.6 is 11.8 Å². The van der Waals surface area contributed by atoms with Gasteiger partial charge in [0.05, 0.1) is 0 Å². The molecule has 18 heavy (non-hydrogen) atoms. The van der Waals surface area contributed by atoms with E-state index in [4.69, 9.17) is 0 Å². The van der Waals surface area contributed by atoms with Gasteiger partial charge < -0.3 is 5.32 Å². The molecule has 2 heterocycles. The Kier molecular flexibility index (Phi) is 3.46. The molecule has 1 aliphatic carbocycles. The van der Waals surface area contributed by atoms with Gasteiger partial charge in [-0.25, -0.2) is 4.98 Å². The normalized spacial score (nSPS) is 24.3. The lowest BCUT2D eigenvalue weighted by atomic mass is 9.95. The lowest BCUT2D eigenvalue weighted by molar-refractivity contribution is 0.472. The molecule has 96 valence electrons. The molecule has 3 nitrogen and oxygen atoms in total. The zero-order valence-corrected chi connectivity index (χ0v) is 11.5. The molecule has 2 aromatic heterocycles. The van der Waals surface area contributed by atoms with Crippen LogP contribution in [0.2, 0.25) is 0 Å². The fraction of sp³-hybridized carbons (Fsp3) is 0.500. The highest BCUT2D eigenvalue weighted by Crippen LogP contribution is 2.28. The molecule has 1 N–H and O–H groups in total. The van der Waals surface area contributed by atoms with Crippen molar-refractivity contribution in [3.63, 3.8) is 0 Å². The molecule has 0 amide bonds. The molecule has 0 atom stereocenters. The van der Waals surface area contributed by atoms with E-state index in [1.165, 1.54) is 25.7 Å². The van der Waals surface area contributed by atoms with E-state index < -0.39 is 0 Å². The number of pyridine rings is 1. The van der Waals surface area contributed by atoms with Crippen LogP contribution in [0.25, 0.3) is 5.65 Å². The molecule has 1 saturated carbocycles.